The van der Waals surface area contributed by atoms with Gasteiger partial charge in [-0.1, -0.05) is 16.5 Å². The molecule has 0 spiro atoms. The van der Waals surface area contributed by atoms with Crippen LogP contribution in [0.1, 0.15) is 33.6 Å². The molecule has 0 saturated carbocycles. The lowest BCUT2D eigenvalue weighted by molar-refractivity contribution is -0.133. The molecule has 27 heavy (non-hydrogen) atoms. The Bertz CT molecular complexity index is 820. The van der Waals surface area contributed by atoms with E-state index in [4.69, 9.17) is 0 Å². The molecule has 2 N–H and O–H groups in total. The third kappa shape index (κ3) is 4.79. The number of rotatable bonds is 3. The van der Waals surface area contributed by atoms with Gasteiger partial charge in [0.2, 0.25) is 0 Å². The van der Waals surface area contributed by atoms with Crippen molar-refractivity contribution >= 4 is 60.7 Å². The zero-order valence-electron chi connectivity index (χ0n) is 15.0. The number of alkyl halides is 2. The van der Waals surface area contributed by atoms with Gasteiger partial charge in [-0.15, -0.1) is 12.4 Å². The van der Waals surface area contributed by atoms with E-state index in [1.54, 1.807) is 11.0 Å². The van der Waals surface area contributed by atoms with E-state index in [1.165, 1.54) is 11.3 Å². The van der Waals surface area contributed by atoms with Gasteiger partial charge in [0.05, 0.1) is 14.7 Å². The molecular formula is C16H21BrClF3N4OS. The average molecular weight is 490 g/mol. The molecule has 2 aromatic rings. The van der Waals surface area contributed by atoms with Gasteiger partial charge in [-0.3, -0.25) is 10.6 Å². The van der Waals surface area contributed by atoms with Crippen molar-refractivity contribution < 1.29 is 18.4 Å². The van der Waals surface area contributed by atoms with Gasteiger partial charge in [0.15, 0.2) is 10.9 Å². The van der Waals surface area contributed by atoms with E-state index >= 15 is 0 Å². The Morgan fingerprint density at radius 2 is 1.93 bits per heavy atom. The second-order valence-corrected chi connectivity index (χ2v) is 9.21. The quantitative estimate of drug-likeness (QED) is 0.544. The molecule has 152 valence electrons. The van der Waals surface area contributed by atoms with Crippen LogP contribution >= 0.6 is 39.7 Å². The van der Waals surface area contributed by atoms with E-state index in [2.05, 4.69) is 26.3 Å². The molecule has 0 bridgehead atoms. The molecule has 1 aromatic heterocycles. The van der Waals surface area contributed by atoms with Crippen LogP contribution < -0.4 is 10.3 Å². The lowest BCUT2D eigenvalue weighted by atomic mass is 10.1. The van der Waals surface area contributed by atoms with Crippen LogP contribution in [0.25, 0.3) is 10.2 Å². The highest BCUT2D eigenvalue weighted by molar-refractivity contribution is 9.10. The third-order valence-electron chi connectivity index (χ3n) is 4.20. The summed E-state index contributed by atoms with van der Waals surface area (Å²) in [6.07, 6.45) is -0.631. The Morgan fingerprint density at radius 1 is 1.33 bits per heavy atom. The van der Waals surface area contributed by atoms with E-state index < -0.39 is 17.3 Å². The highest BCUT2D eigenvalue weighted by Crippen LogP contribution is 2.41. The number of nitrogens with one attached hydrogen (secondary N) is 1. The Kier molecular flexibility index (Phi) is 6.58. The fourth-order valence-electron chi connectivity index (χ4n) is 2.65. The standard InChI is InChI=1S/C16H20BrF3N4OS.ClH/c1-15(2,3)24(25)22-14-21-12-10(26-14)8-9(17)11(18)13(12)23-6-4-16(19,20)5-7-23;/h8,25H,4-7H2,1-3H3,(H,21,22);1H. The summed E-state index contributed by atoms with van der Waals surface area (Å²) in [6, 6.07) is 1.61. The van der Waals surface area contributed by atoms with Crippen LogP contribution in [-0.4, -0.2) is 39.9 Å². The van der Waals surface area contributed by atoms with Crippen LogP contribution in [0.2, 0.25) is 0 Å². The van der Waals surface area contributed by atoms with Crippen LogP contribution in [0, 0.1) is 5.82 Å². The number of fused-ring (bicyclic) bond motifs is 1. The fraction of sp³-hybridized carbons (Fsp3) is 0.562. The first kappa shape index (κ1) is 22.5. The van der Waals surface area contributed by atoms with Gasteiger partial charge in [-0.2, -0.15) is 0 Å². The first-order chi connectivity index (χ1) is 12.0. The summed E-state index contributed by atoms with van der Waals surface area (Å²) in [6.45, 7) is 5.54. The third-order valence-corrected chi connectivity index (χ3v) is 5.69. The highest BCUT2D eigenvalue weighted by Gasteiger charge is 2.36. The first-order valence-corrected chi connectivity index (χ1v) is 9.76. The number of aromatic nitrogens is 1. The SMILES string of the molecule is CC(C)(C)N(O)Nc1nc2c(N3CCC(F)(F)CC3)c(F)c(Br)cc2s1.Cl. The van der Waals surface area contributed by atoms with Crippen molar-refractivity contribution in [2.75, 3.05) is 23.4 Å². The summed E-state index contributed by atoms with van der Waals surface area (Å²) in [5.74, 6) is -3.23. The number of halogens is 5. The average Bonchev–Trinajstić information content (AvgIpc) is 2.90. The molecule has 0 unspecified atom stereocenters. The predicted molar refractivity (Wildman–Crippen MR) is 108 cm³/mol. The van der Waals surface area contributed by atoms with Crippen molar-refractivity contribution in [3.63, 3.8) is 0 Å². The van der Waals surface area contributed by atoms with E-state index in [1.807, 2.05) is 20.8 Å². The topological polar surface area (TPSA) is 51.6 Å². The zero-order chi connectivity index (χ0) is 19.3. The normalized spacial score (nSPS) is 17.3. The molecule has 1 aromatic carbocycles. The zero-order valence-corrected chi connectivity index (χ0v) is 18.2. The molecule has 1 saturated heterocycles. The van der Waals surface area contributed by atoms with Crippen LogP contribution in [0.5, 0.6) is 0 Å². The van der Waals surface area contributed by atoms with E-state index in [9.17, 15) is 18.4 Å². The van der Waals surface area contributed by atoms with Gasteiger partial charge < -0.3 is 4.90 Å². The Balaban J connectivity index is 0.00000261. The summed E-state index contributed by atoms with van der Waals surface area (Å²) < 4.78 is 42.6. The Labute approximate surface area is 174 Å². The van der Waals surface area contributed by atoms with E-state index in [0.29, 0.717) is 15.3 Å². The van der Waals surface area contributed by atoms with Gasteiger partial charge in [0.1, 0.15) is 11.2 Å². The minimum atomic E-state index is -2.71. The maximum absolute atomic E-state index is 14.8. The molecule has 5 nitrogen and oxygen atoms in total. The number of hydrogen-bond acceptors (Lipinski definition) is 6. The lowest BCUT2D eigenvalue weighted by Crippen LogP contribution is -2.42. The van der Waals surface area contributed by atoms with Crippen LogP contribution in [0.4, 0.5) is 24.0 Å². The molecule has 2 heterocycles. The number of nitrogens with zero attached hydrogens (tertiary/aromatic N) is 3. The second-order valence-electron chi connectivity index (χ2n) is 7.32. The predicted octanol–water partition coefficient (Wildman–Crippen LogP) is 5.67. The Morgan fingerprint density at radius 3 is 2.48 bits per heavy atom. The van der Waals surface area contributed by atoms with Crippen LogP contribution in [0.15, 0.2) is 10.5 Å². The molecule has 11 heteroatoms. The van der Waals surface area contributed by atoms with Gasteiger partial charge in [-0.25, -0.2) is 18.2 Å². The van der Waals surface area contributed by atoms with Gasteiger partial charge in [-0.05, 0) is 42.8 Å². The summed E-state index contributed by atoms with van der Waals surface area (Å²) >= 11 is 4.44. The second kappa shape index (κ2) is 7.90. The summed E-state index contributed by atoms with van der Waals surface area (Å²) in [5.41, 5.74) is 2.82. The molecule has 1 aliphatic heterocycles. The highest BCUT2D eigenvalue weighted by atomic mass is 79.9. The maximum Gasteiger partial charge on any atom is 0.251 e. The number of hydroxylamine groups is 1. The molecule has 0 radical (unpaired) electrons. The monoisotopic (exact) mass is 488 g/mol. The molecule has 3 rings (SSSR count). The Hall–Kier alpha value is -0.810. The number of benzene rings is 1. The largest absolute Gasteiger partial charge is 0.367 e. The molecule has 1 fully saturated rings. The van der Waals surface area contributed by atoms with Crippen molar-refractivity contribution in [2.45, 2.75) is 45.1 Å². The number of thiazole rings is 1. The summed E-state index contributed by atoms with van der Waals surface area (Å²) in [4.78, 5) is 6.01. The molecule has 0 aliphatic carbocycles. The van der Waals surface area contributed by atoms with Crippen molar-refractivity contribution in [1.82, 2.24) is 10.2 Å². The van der Waals surface area contributed by atoms with Crippen LogP contribution in [-0.2, 0) is 0 Å². The van der Waals surface area contributed by atoms with Crippen LogP contribution in [0.3, 0.4) is 0 Å². The van der Waals surface area contributed by atoms with Gasteiger partial charge >= 0.3 is 0 Å². The van der Waals surface area contributed by atoms with Crippen molar-refractivity contribution in [1.29, 1.82) is 0 Å². The maximum atomic E-state index is 14.8. The summed E-state index contributed by atoms with van der Waals surface area (Å²) in [5, 5.41) is 11.4. The number of hydrogen-bond donors (Lipinski definition) is 2. The van der Waals surface area contributed by atoms with Gasteiger partial charge in [0.25, 0.3) is 5.92 Å². The fourth-order valence-corrected chi connectivity index (χ4v) is 4.11. The minimum Gasteiger partial charge on any atom is -0.367 e. The number of anilines is 2. The number of piperidine rings is 1. The van der Waals surface area contributed by atoms with E-state index in [-0.39, 0.29) is 48.5 Å². The molecule has 0 amide bonds. The minimum absolute atomic E-state index is 0. The van der Waals surface area contributed by atoms with E-state index in [0.717, 1.165) is 5.17 Å². The van der Waals surface area contributed by atoms with Crippen molar-refractivity contribution in [2.24, 2.45) is 0 Å². The van der Waals surface area contributed by atoms with Gasteiger partial charge in [0, 0.05) is 25.9 Å². The van der Waals surface area contributed by atoms with Crippen molar-refractivity contribution in [3.05, 3.63) is 16.4 Å². The number of hydrazine groups is 1. The smallest absolute Gasteiger partial charge is 0.251 e. The molecule has 1 aliphatic rings. The first-order valence-electron chi connectivity index (χ1n) is 8.15. The summed E-state index contributed by atoms with van der Waals surface area (Å²) in [7, 11) is 0. The van der Waals surface area contributed by atoms with Crippen molar-refractivity contribution in [3.8, 4) is 0 Å². The molecular weight excluding hydrogens is 469 g/mol. The molecule has 0 atom stereocenters. The lowest BCUT2D eigenvalue weighted by Gasteiger charge is -2.33.